The molecule has 2 aromatic rings. The summed E-state index contributed by atoms with van der Waals surface area (Å²) in [5.74, 6) is 1.92. The molecule has 0 spiro atoms. The first-order chi connectivity index (χ1) is 11.5. The summed E-state index contributed by atoms with van der Waals surface area (Å²) in [5, 5.41) is 8.80. The van der Waals surface area contributed by atoms with E-state index in [1.165, 1.54) is 0 Å². The van der Waals surface area contributed by atoms with Crippen LogP contribution in [0.2, 0.25) is 0 Å². The van der Waals surface area contributed by atoms with Crippen molar-refractivity contribution in [1.82, 2.24) is 29.9 Å². The lowest BCUT2D eigenvalue weighted by molar-refractivity contribution is 1.01. The molecule has 0 amide bonds. The summed E-state index contributed by atoms with van der Waals surface area (Å²) in [7, 11) is 0. The van der Waals surface area contributed by atoms with Crippen molar-refractivity contribution in [2.45, 2.75) is 20.8 Å². The monoisotopic (exact) mass is 336 g/mol. The first kappa shape index (κ1) is 18.9. The first-order valence-electron chi connectivity index (χ1n) is 7.48. The fourth-order valence-corrected chi connectivity index (χ4v) is 1.51. The molecule has 9 N–H and O–H groups in total. The molecule has 24 heavy (non-hydrogen) atoms. The summed E-state index contributed by atoms with van der Waals surface area (Å²) >= 11 is 0. The van der Waals surface area contributed by atoms with Gasteiger partial charge in [0, 0.05) is 19.6 Å². The summed E-state index contributed by atoms with van der Waals surface area (Å²) in [6.07, 6.45) is 0. The third-order valence-electron chi connectivity index (χ3n) is 2.33. The topological polar surface area (TPSA) is 191 Å². The minimum Gasteiger partial charge on any atom is -0.368 e. The second kappa shape index (κ2) is 9.76. The molecule has 0 radical (unpaired) electrons. The van der Waals surface area contributed by atoms with E-state index in [0.29, 0.717) is 17.8 Å². The van der Waals surface area contributed by atoms with Crippen LogP contribution in [-0.2, 0) is 0 Å². The molecular weight excluding hydrogens is 312 g/mol. The van der Waals surface area contributed by atoms with Crippen LogP contribution in [0.3, 0.4) is 0 Å². The maximum absolute atomic E-state index is 5.48. The number of nitrogen functional groups attached to an aromatic ring is 3. The molecule has 0 aliphatic rings. The van der Waals surface area contributed by atoms with Gasteiger partial charge in [0.05, 0.1) is 0 Å². The van der Waals surface area contributed by atoms with Crippen LogP contribution in [0.4, 0.5) is 35.7 Å². The average Bonchev–Trinajstić information content (AvgIpc) is 2.47. The molecule has 0 aromatic carbocycles. The van der Waals surface area contributed by atoms with Crippen molar-refractivity contribution in [3.63, 3.8) is 0 Å². The Morgan fingerprint density at radius 1 is 0.542 bits per heavy atom. The van der Waals surface area contributed by atoms with E-state index >= 15 is 0 Å². The Kier molecular flexibility index (Phi) is 7.67. The summed E-state index contributed by atoms with van der Waals surface area (Å²) in [6.45, 7) is 8.10. The van der Waals surface area contributed by atoms with Gasteiger partial charge in [-0.15, -0.1) is 0 Å². The number of aromatic nitrogens is 6. The van der Waals surface area contributed by atoms with Crippen molar-refractivity contribution in [1.29, 1.82) is 0 Å². The molecule has 12 heteroatoms. The van der Waals surface area contributed by atoms with E-state index < -0.39 is 0 Å². The van der Waals surface area contributed by atoms with E-state index in [4.69, 9.17) is 17.2 Å². The van der Waals surface area contributed by atoms with Gasteiger partial charge in [0.2, 0.25) is 35.7 Å². The molecule has 12 nitrogen and oxygen atoms in total. The number of hydrogen-bond acceptors (Lipinski definition) is 12. The maximum atomic E-state index is 5.48. The number of rotatable bonds is 6. The highest BCUT2D eigenvalue weighted by atomic mass is 15.2. The molecule has 0 aliphatic heterocycles. The lowest BCUT2D eigenvalue weighted by Crippen LogP contribution is -2.10. The summed E-state index contributed by atoms with van der Waals surface area (Å²) in [5.41, 5.74) is 16.1. The minimum absolute atomic E-state index is 0.133. The average molecular weight is 336 g/mol. The van der Waals surface area contributed by atoms with E-state index in [0.717, 1.165) is 19.6 Å². The number of nitrogens with two attached hydrogens (primary N) is 3. The van der Waals surface area contributed by atoms with Gasteiger partial charge in [-0.3, -0.25) is 0 Å². The van der Waals surface area contributed by atoms with Crippen molar-refractivity contribution in [3.05, 3.63) is 0 Å². The largest absolute Gasteiger partial charge is 0.368 e. The lowest BCUT2D eigenvalue weighted by Gasteiger charge is -2.05. The summed E-state index contributed by atoms with van der Waals surface area (Å²) in [6, 6.07) is 0. The van der Waals surface area contributed by atoms with Crippen LogP contribution >= 0.6 is 0 Å². The van der Waals surface area contributed by atoms with Crippen molar-refractivity contribution < 1.29 is 0 Å². The second-order valence-electron chi connectivity index (χ2n) is 4.31. The van der Waals surface area contributed by atoms with E-state index in [2.05, 4.69) is 45.9 Å². The van der Waals surface area contributed by atoms with Gasteiger partial charge in [0.1, 0.15) is 0 Å². The third-order valence-corrected chi connectivity index (χ3v) is 2.33. The van der Waals surface area contributed by atoms with Gasteiger partial charge in [0.15, 0.2) is 0 Å². The van der Waals surface area contributed by atoms with Crippen LogP contribution < -0.4 is 33.2 Å². The standard InChI is InChI=1S/C7H14N6.C5H10N6/c1-3-9-6-11-5(8)12-7(13-6)10-4-2;1-2-8-5-10-3(6)9-4(7)11-5/h3-4H2,1-2H3,(H4,8,9,10,11,12,13);2H2,1H3,(H5,6,7,8,9,10,11). The van der Waals surface area contributed by atoms with E-state index in [1.807, 2.05) is 20.8 Å². The van der Waals surface area contributed by atoms with E-state index in [1.54, 1.807) is 0 Å². The highest BCUT2D eigenvalue weighted by molar-refractivity contribution is 5.39. The molecule has 0 aliphatic carbocycles. The summed E-state index contributed by atoms with van der Waals surface area (Å²) in [4.78, 5) is 23.1. The predicted octanol–water partition coefficient (Wildman–Crippen LogP) is -0.215. The minimum atomic E-state index is 0.133. The maximum Gasteiger partial charge on any atom is 0.229 e. The molecule has 0 saturated carbocycles. The van der Waals surface area contributed by atoms with Crippen molar-refractivity contribution in [3.8, 4) is 0 Å². The van der Waals surface area contributed by atoms with E-state index in [-0.39, 0.29) is 17.8 Å². The van der Waals surface area contributed by atoms with Crippen LogP contribution in [0.5, 0.6) is 0 Å². The number of hydrogen-bond donors (Lipinski definition) is 6. The molecule has 0 saturated heterocycles. The molecule has 0 unspecified atom stereocenters. The zero-order chi connectivity index (χ0) is 17.9. The Balaban J connectivity index is 0.000000243. The normalized spacial score (nSPS) is 9.62. The third kappa shape index (κ3) is 6.72. The van der Waals surface area contributed by atoms with Crippen molar-refractivity contribution >= 4 is 35.7 Å². The van der Waals surface area contributed by atoms with Crippen LogP contribution in [0.1, 0.15) is 20.8 Å². The Morgan fingerprint density at radius 2 is 0.833 bits per heavy atom. The predicted molar refractivity (Wildman–Crippen MR) is 95.4 cm³/mol. The highest BCUT2D eigenvalue weighted by Crippen LogP contribution is 2.05. The van der Waals surface area contributed by atoms with Crippen LogP contribution in [0, 0.1) is 0 Å². The summed E-state index contributed by atoms with van der Waals surface area (Å²) < 4.78 is 0. The molecule has 2 heterocycles. The second-order valence-corrected chi connectivity index (χ2v) is 4.31. The molecule has 0 bridgehead atoms. The van der Waals surface area contributed by atoms with Crippen molar-refractivity contribution in [2.75, 3.05) is 52.8 Å². The fraction of sp³-hybridized carbons (Fsp3) is 0.500. The zero-order valence-corrected chi connectivity index (χ0v) is 14.0. The molecule has 0 fully saturated rings. The van der Waals surface area contributed by atoms with Crippen LogP contribution in [-0.4, -0.2) is 49.5 Å². The fourth-order valence-electron chi connectivity index (χ4n) is 1.51. The van der Waals surface area contributed by atoms with Gasteiger partial charge in [-0.1, -0.05) is 0 Å². The Bertz CT molecular complexity index is 587. The SMILES string of the molecule is CCNc1nc(N)nc(N)n1.CCNc1nc(N)nc(NCC)n1. The lowest BCUT2D eigenvalue weighted by atomic mass is 10.7. The molecule has 0 atom stereocenters. The van der Waals surface area contributed by atoms with Crippen LogP contribution in [0.25, 0.3) is 0 Å². The van der Waals surface area contributed by atoms with Crippen molar-refractivity contribution in [2.24, 2.45) is 0 Å². The molecule has 2 aromatic heterocycles. The number of anilines is 6. The first-order valence-corrected chi connectivity index (χ1v) is 7.48. The van der Waals surface area contributed by atoms with Gasteiger partial charge < -0.3 is 33.2 Å². The Morgan fingerprint density at radius 3 is 1.17 bits per heavy atom. The molecular formula is C12H24N12. The van der Waals surface area contributed by atoms with Crippen LogP contribution in [0.15, 0.2) is 0 Å². The Labute approximate surface area is 140 Å². The molecule has 2 rings (SSSR count). The van der Waals surface area contributed by atoms with Gasteiger partial charge in [-0.05, 0) is 20.8 Å². The number of nitrogens with zero attached hydrogens (tertiary/aromatic N) is 6. The highest BCUT2D eigenvalue weighted by Gasteiger charge is 2.01. The van der Waals surface area contributed by atoms with Gasteiger partial charge in [-0.25, -0.2) is 0 Å². The smallest absolute Gasteiger partial charge is 0.229 e. The zero-order valence-electron chi connectivity index (χ0n) is 14.0. The van der Waals surface area contributed by atoms with Gasteiger partial charge >= 0.3 is 0 Å². The van der Waals surface area contributed by atoms with E-state index in [9.17, 15) is 0 Å². The van der Waals surface area contributed by atoms with Gasteiger partial charge in [-0.2, -0.15) is 29.9 Å². The molecule has 132 valence electrons. The Hall–Kier alpha value is -3.18. The quantitative estimate of drug-likeness (QED) is 0.407. The number of nitrogens with one attached hydrogen (secondary N) is 3. The van der Waals surface area contributed by atoms with Gasteiger partial charge in [0.25, 0.3) is 0 Å².